The Balaban J connectivity index is 1.96. The highest BCUT2D eigenvalue weighted by molar-refractivity contribution is 8.00. The first-order chi connectivity index (χ1) is 8.40. The molecule has 2 rings (SSSR count). The summed E-state index contributed by atoms with van der Waals surface area (Å²) in [5.41, 5.74) is 1.47. The van der Waals surface area contributed by atoms with Gasteiger partial charge < -0.3 is 5.32 Å². The van der Waals surface area contributed by atoms with E-state index in [0.717, 1.165) is 11.8 Å². The number of hydrogen-bond donors (Lipinski definition) is 1. The van der Waals surface area contributed by atoms with E-state index in [0.29, 0.717) is 5.25 Å². The Bertz CT molecular complexity index is 306. The molecule has 0 spiro atoms. The number of hydrogen-bond acceptors (Lipinski definition) is 2. The van der Waals surface area contributed by atoms with Crippen LogP contribution in [0.1, 0.15) is 42.9 Å². The lowest BCUT2D eigenvalue weighted by molar-refractivity contribution is 0.514. The molecular weight excluding hydrogens is 226 g/mol. The molecule has 1 N–H and O–H groups in total. The molecule has 1 fully saturated rings. The van der Waals surface area contributed by atoms with Gasteiger partial charge in [-0.1, -0.05) is 49.6 Å². The van der Waals surface area contributed by atoms with Crippen molar-refractivity contribution in [2.45, 2.75) is 42.6 Å². The molecule has 0 saturated heterocycles. The van der Waals surface area contributed by atoms with Crippen LogP contribution in [0.3, 0.4) is 0 Å². The van der Waals surface area contributed by atoms with Gasteiger partial charge in [0.1, 0.15) is 0 Å². The molecule has 1 saturated carbocycles. The maximum atomic E-state index is 3.34. The van der Waals surface area contributed by atoms with Crippen molar-refractivity contribution in [3.8, 4) is 0 Å². The normalized spacial score (nSPS) is 19.1. The molecule has 1 nitrogen and oxygen atoms in total. The second kappa shape index (κ2) is 7.07. The zero-order chi connectivity index (χ0) is 11.9. The quantitative estimate of drug-likeness (QED) is 0.846. The Kier molecular flexibility index (Phi) is 5.40. The summed E-state index contributed by atoms with van der Waals surface area (Å²) in [5.74, 6) is 0. The lowest BCUT2D eigenvalue weighted by Crippen LogP contribution is -2.19. The zero-order valence-corrected chi connectivity index (χ0v) is 11.5. The predicted molar refractivity (Wildman–Crippen MR) is 77.6 cm³/mol. The molecule has 0 aliphatic heterocycles. The highest BCUT2D eigenvalue weighted by atomic mass is 32.2. The first kappa shape index (κ1) is 13.0. The Morgan fingerprint density at radius 1 is 1.18 bits per heavy atom. The van der Waals surface area contributed by atoms with Crippen LogP contribution in [-0.2, 0) is 0 Å². The summed E-state index contributed by atoms with van der Waals surface area (Å²) in [5, 5.41) is 4.83. The van der Waals surface area contributed by atoms with E-state index in [1.54, 1.807) is 0 Å². The highest BCUT2D eigenvalue weighted by Gasteiger charge is 2.20. The number of benzene rings is 1. The van der Waals surface area contributed by atoms with Gasteiger partial charge in [-0.25, -0.2) is 0 Å². The molecule has 0 heterocycles. The first-order valence-corrected chi connectivity index (χ1v) is 7.69. The third-order valence-electron chi connectivity index (χ3n) is 3.47. The van der Waals surface area contributed by atoms with Gasteiger partial charge in [-0.3, -0.25) is 0 Å². The Hall–Kier alpha value is -0.470. The van der Waals surface area contributed by atoms with Gasteiger partial charge in [0.15, 0.2) is 0 Å². The average molecular weight is 249 g/mol. The SMILES string of the molecule is CNCC(SC1CCCCC1)c1ccccc1. The molecule has 0 amide bonds. The van der Waals surface area contributed by atoms with Gasteiger partial charge in [0, 0.05) is 17.0 Å². The van der Waals surface area contributed by atoms with E-state index < -0.39 is 0 Å². The van der Waals surface area contributed by atoms with Gasteiger partial charge in [-0.2, -0.15) is 0 Å². The maximum absolute atomic E-state index is 3.34. The van der Waals surface area contributed by atoms with Gasteiger partial charge in [0.05, 0.1) is 0 Å². The van der Waals surface area contributed by atoms with E-state index in [9.17, 15) is 0 Å². The minimum atomic E-state index is 0.615. The van der Waals surface area contributed by atoms with Gasteiger partial charge in [0.25, 0.3) is 0 Å². The number of likely N-dealkylation sites (N-methyl/N-ethyl adjacent to an activating group) is 1. The molecule has 1 atom stereocenters. The summed E-state index contributed by atoms with van der Waals surface area (Å²) >= 11 is 2.18. The monoisotopic (exact) mass is 249 g/mol. The molecule has 1 aliphatic rings. The number of nitrogens with one attached hydrogen (secondary N) is 1. The summed E-state index contributed by atoms with van der Waals surface area (Å²) in [6.07, 6.45) is 7.13. The molecule has 1 aliphatic carbocycles. The number of thioether (sulfide) groups is 1. The largest absolute Gasteiger partial charge is 0.318 e. The smallest absolute Gasteiger partial charge is 0.0424 e. The van der Waals surface area contributed by atoms with Crippen LogP contribution in [-0.4, -0.2) is 18.8 Å². The highest BCUT2D eigenvalue weighted by Crippen LogP contribution is 2.38. The van der Waals surface area contributed by atoms with E-state index in [1.165, 1.54) is 37.7 Å². The van der Waals surface area contributed by atoms with E-state index in [4.69, 9.17) is 0 Å². The van der Waals surface area contributed by atoms with Crippen molar-refractivity contribution >= 4 is 11.8 Å². The van der Waals surface area contributed by atoms with Crippen molar-refractivity contribution in [2.24, 2.45) is 0 Å². The standard InChI is InChI=1S/C15H23NS/c1-16-12-15(13-8-4-2-5-9-13)17-14-10-6-3-7-11-14/h2,4-5,8-9,14-16H,3,6-7,10-12H2,1H3. The van der Waals surface area contributed by atoms with Gasteiger partial charge >= 0.3 is 0 Å². The Morgan fingerprint density at radius 2 is 1.88 bits per heavy atom. The fraction of sp³-hybridized carbons (Fsp3) is 0.600. The lowest BCUT2D eigenvalue weighted by Gasteiger charge is -2.26. The zero-order valence-electron chi connectivity index (χ0n) is 10.7. The van der Waals surface area contributed by atoms with E-state index >= 15 is 0 Å². The molecule has 0 bridgehead atoms. The fourth-order valence-corrected chi connectivity index (χ4v) is 4.18. The van der Waals surface area contributed by atoms with Crippen LogP contribution in [0.15, 0.2) is 30.3 Å². The Morgan fingerprint density at radius 3 is 2.53 bits per heavy atom. The van der Waals surface area contributed by atoms with Crippen molar-refractivity contribution < 1.29 is 0 Å². The maximum Gasteiger partial charge on any atom is 0.0424 e. The summed E-state index contributed by atoms with van der Waals surface area (Å²) < 4.78 is 0. The van der Waals surface area contributed by atoms with Crippen LogP contribution in [0, 0.1) is 0 Å². The molecular formula is C15H23NS. The second-order valence-corrected chi connectivity index (χ2v) is 6.36. The molecule has 2 heteroatoms. The van der Waals surface area contributed by atoms with Crippen LogP contribution < -0.4 is 5.32 Å². The number of rotatable bonds is 5. The van der Waals surface area contributed by atoms with Crippen LogP contribution in [0.4, 0.5) is 0 Å². The van der Waals surface area contributed by atoms with Crippen LogP contribution in [0.5, 0.6) is 0 Å². The van der Waals surface area contributed by atoms with Crippen molar-refractivity contribution in [3.63, 3.8) is 0 Å². The van der Waals surface area contributed by atoms with Crippen LogP contribution >= 0.6 is 11.8 Å². The molecule has 17 heavy (non-hydrogen) atoms. The molecule has 0 aromatic heterocycles. The molecule has 0 radical (unpaired) electrons. The molecule has 1 aromatic rings. The summed E-state index contributed by atoms with van der Waals surface area (Å²) in [6, 6.07) is 10.9. The average Bonchev–Trinajstić information content (AvgIpc) is 2.40. The topological polar surface area (TPSA) is 12.0 Å². The van der Waals surface area contributed by atoms with Crippen molar-refractivity contribution in [2.75, 3.05) is 13.6 Å². The summed E-state index contributed by atoms with van der Waals surface area (Å²) in [7, 11) is 2.05. The van der Waals surface area contributed by atoms with E-state index in [1.807, 2.05) is 0 Å². The predicted octanol–water partition coefficient (Wildman–Crippen LogP) is 4.01. The molecule has 1 unspecified atom stereocenters. The second-order valence-electron chi connectivity index (χ2n) is 4.85. The lowest BCUT2D eigenvalue weighted by atomic mass is 10.0. The first-order valence-electron chi connectivity index (χ1n) is 6.75. The summed E-state index contributed by atoms with van der Waals surface area (Å²) in [4.78, 5) is 0. The third kappa shape index (κ3) is 4.04. The molecule has 94 valence electrons. The van der Waals surface area contributed by atoms with Crippen LogP contribution in [0.25, 0.3) is 0 Å². The van der Waals surface area contributed by atoms with E-state index in [-0.39, 0.29) is 0 Å². The van der Waals surface area contributed by atoms with Crippen LogP contribution in [0.2, 0.25) is 0 Å². The van der Waals surface area contributed by atoms with Gasteiger partial charge in [-0.15, -0.1) is 11.8 Å². The van der Waals surface area contributed by atoms with Crippen molar-refractivity contribution in [1.29, 1.82) is 0 Å². The van der Waals surface area contributed by atoms with Crippen molar-refractivity contribution in [1.82, 2.24) is 5.32 Å². The van der Waals surface area contributed by atoms with Gasteiger partial charge in [0.2, 0.25) is 0 Å². The minimum Gasteiger partial charge on any atom is -0.318 e. The molecule has 1 aromatic carbocycles. The minimum absolute atomic E-state index is 0.615. The van der Waals surface area contributed by atoms with Gasteiger partial charge in [-0.05, 0) is 25.5 Å². The fourth-order valence-electron chi connectivity index (χ4n) is 2.53. The third-order valence-corrected chi connectivity index (χ3v) is 5.09. The Labute approximate surface area is 109 Å². The van der Waals surface area contributed by atoms with Crippen molar-refractivity contribution in [3.05, 3.63) is 35.9 Å². The van der Waals surface area contributed by atoms with E-state index in [2.05, 4.69) is 54.5 Å². The summed E-state index contributed by atoms with van der Waals surface area (Å²) in [6.45, 7) is 1.07.